The van der Waals surface area contributed by atoms with Gasteiger partial charge in [-0.3, -0.25) is 9.59 Å². The Morgan fingerprint density at radius 2 is 1.56 bits per heavy atom. The SMILES string of the molecule is CCCCC(=O)N(Cc1ccc(OS(=O)(=O)c2c(F)c(F)c(C(=O)NCC3CCCC3)c(F)c2F)cc1)[C@@H](C(=O)OC)C(C)C. The van der Waals surface area contributed by atoms with Crippen LogP contribution in [0.1, 0.15) is 81.6 Å². The number of ether oxygens (including phenoxy) is 1. The number of methoxy groups -OCH3 is 1. The number of rotatable bonds is 14. The highest BCUT2D eigenvalue weighted by molar-refractivity contribution is 7.87. The molecule has 14 heteroatoms. The molecule has 1 fully saturated rings. The molecule has 1 N–H and O–H groups in total. The highest BCUT2D eigenvalue weighted by Crippen LogP contribution is 2.31. The summed E-state index contributed by atoms with van der Waals surface area (Å²) in [5.74, 6) is -12.0. The number of hydrogen-bond acceptors (Lipinski definition) is 7. The third-order valence-corrected chi connectivity index (χ3v) is 8.95. The zero-order chi connectivity index (χ0) is 33.5. The maximum Gasteiger partial charge on any atom is 0.345 e. The largest absolute Gasteiger partial charge is 0.467 e. The monoisotopic (exact) mass is 658 g/mol. The van der Waals surface area contributed by atoms with Crippen LogP contribution < -0.4 is 9.50 Å². The number of nitrogens with zero attached hydrogens (tertiary/aromatic N) is 1. The molecule has 1 aliphatic rings. The lowest BCUT2D eigenvalue weighted by molar-refractivity contribution is -0.155. The van der Waals surface area contributed by atoms with Gasteiger partial charge in [-0.2, -0.15) is 8.42 Å². The van der Waals surface area contributed by atoms with Crippen LogP contribution >= 0.6 is 0 Å². The van der Waals surface area contributed by atoms with Crippen molar-refractivity contribution in [3.05, 3.63) is 58.7 Å². The minimum Gasteiger partial charge on any atom is -0.467 e. The number of amides is 2. The number of carbonyl (C=O) groups is 3. The van der Waals surface area contributed by atoms with Crippen molar-refractivity contribution >= 4 is 27.9 Å². The fourth-order valence-electron chi connectivity index (χ4n) is 5.28. The Labute approximate surface area is 260 Å². The molecule has 0 heterocycles. The Morgan fingerprint density at radius 3 is 2.07 bits per heavy atom. The molecule has 248 valence electrons. The van der Waals surface area contributed by atoms with Gasteiger partial charge in [0.2, 0.25) is 5.91 Å². The number of nitrogens with one attached hydrogen (secondary N) is 1. The molecule has 0 unspecified atom stereocenters. The first kappa shape index (κ1) is 35.8. The number of esters is 1. The standard InChI is InChI=1S/C31H38F4N2O7S/c1-5-6-11-22(38)37(28(18(2)3)31(40)43-4)17-20-12-14-21(15-13-20)44-45(41,42)29-26(34)24(32)23(25(33)27(29)35)30(39)36-16-19-9-7-8-10-19/h12-15,18-19,28H,5-11,16-17H2,1-4H3,(H,36,39)/t28-/m1/s1. The van der Waals surface area contributed by atoms with Gasteiger partial charge in [-0.05, 0) is 48.8 Å². The first-order valence-corrected chi connectivity index (χ1v) is 16.2. The Balaban J connectivity index is 1.84. The Kier molecular flexibility index (Phi) is 12.4. The molecule has 0 aliphatic heterocycles. The third-order valence-electron chi connectivity index (χ3n) is 7.68. The van der Waals surface area contributed by atoms with Gasteiger partial charge in [0.05, 0.1) is 7.11 Å². The van der Waals surface area contributed by atoms with Crippen LogP contribution in [0.25, 0.3) is 0 Å². The minimum absolute atomic E-state index is 0.0472. The zero-order valence-corrected chi connectivity index (χ0v) is 26.4. The maximum atomic E-state index is 14.9. The van der Waals surface area contributed by atoms with Crippen molar-refractivity contribution in [2.75, 3.05) is 13.7 Å². The number of hydrogen-bond donors (Lipinski definition) is 1. The molecule has 2 aromatic rings. The number of benzene rings is 2. The lowest BCUT2D eigenvalue weighted by Crippen LogP contribution is -2.48. The molecule has 2 aromatic carbocycles. The lowest BCUT2D eigenvalue weighted by atomic mass is 10.0. The molecule has 0 bridgehead atoms. The molecule has 1 saturated carbocycles. The quantitative estimate of drug-likeness (QED) is 0.121. The van der Waals surface area contributed by atoms with Gasteiger partial charge < -0.3 is 19.1 Å². The topological polar surface area (TPSA) is 119 Å². The summed E-state index contributed by atoms with van der Waals surface area (Å²) in [6.45, 7) is 5.41. The van der Waals surface area contributed by atoms with Gasteiger partial charge in [-0.15, -0.1) is 0 Å². The van der Waals surface area contributed by atoms with E-state index in [1.165, 1.54) is 24.1 Å². The van der Waals surface area contributed by atoms with E-state index in [0.717, 1.165) is 44.2 Å². The molecule has 0 aromatic heterocycles. The lowest BCUT2D eigenvalue weighted by Gasteiger charge is -2.32. The van der Waals surface area contributed by atoms with Crippen molar-refractivity contribution in [3.63, 3.8) is 0 Å². The van der Waals surface area contributed by atoms with E-state index < -0.39 is 67.5 Å². The maximum absolute atomic E-state index is 14.9. The van der Waals surface area contributed by atoms with Crippen molar-refractivity contribution < 1.29 is 49.3 Å². The van der Waals surface area contributed by atoms with Crippen LogP contribution in [-0.4, -0.2) is 50.8 Å². The van der Waals surface area contributed by atoms with Crippen molar-refractivity contribution in [2.45, 2.75) is 83.2 Å². The summed E-state index contributed by atoms with van der Waals surface area (Å²) in [6, 6.07) is 4.02. The van der Waals surface area contributed by atoms with Crippen molar-refractivity contribution in [1.29, 1.82) is 0 Å². The minimum atomic E-state index is -5.47. The van der Waals surface area contributed by atoms with Gasteiger partial charge in [0.1, 0.15) is 17.4 Å². The fraction of sp³-hybridized carbons (Fsp3) is 0.516. The second-order valence-corrected chi connectivity index (χ2v) is 12.8. The zero-order valence-electron chi connectivity index (χ0n) is 25.6. The molecule has 1 atom stereocenters. The molecule has 0 spiro atoms. The molecular formula is C31H38F4N2O7S. The van der Waals surface area contributed by atoms with E-state index in [9.17, 15) is 40.4 Å². The summed E-state index contributed by atoms with van der Waals surface area (Å²) in [6.07, 6.45) is 4.93. The highest BCUT2D eigenvalue weighted by Gasteiger charge is 2.37. The predicted octanol–water partition coefficient (Wildman–Crippen LogP) is 5.65. The first-order valence-electron chi connectivity index (χ1n) is 14.8. The summed E-state index contributed by atoms with van der Waals surface area (Å²) in [4.78, 5) is 37.3. The summed E-state index contributed by atoms with van der Waals surface area (Å²) in [5, 5.41) is 2.25. The van der Waals surface area contributed by atoms with Crippen LogP contribution in [-0.2, 0) is 31.0 Å². The number of unbranched alkanes of at least 4 members (excludes halogenated alkanes) is 1. The van der Waals surface area contributed by atoms with Gasteiger partial charge in [0, 0.05) is 19.5 Å². The summed E-state index contributed by atoms with van der Waals surface area (Å²) < 4.78 is 94.8. The Bertz CT molecular complexity index is 1470. The Morgan fingerprint density at radius 1 is 0.978 bits per heavy atom. The van der Waals surface area contributed by atoms with Gasteiger partial charge in [-0.1, -0.05) is 52.2 Å². The average molecular weight is 659 g/mol. The fourth-order valence-corrected chi connectivity index (χ4v) is 6.35. The van der Waals surface area contributed by atoms with E-state index in [1.807, 2.05) is 6.92 Å². The average Bonchev–Trinajstić information content (AvgIpc) is 3.52. The van der Waals surface area contributed by atoms with Crippen molar-refractivity contribution in [3.8, 4) is 5.75 Å². The third kappa shape index (κ3) is 8.53. The van der Waals surface area contributed by atoms with Crippen LogP contribution in [0, 0.1) is 35.1 Å². The van der Waals surface area contributed by atoms with Crippen LogP contribution in [0.3, 0.4) is 0 Å². The van der Waals surface area contributed by atoms with E-state index >= 15 is 0 Å². The number of halogens is 4. The van der Waals surface area contributed by atoms with E-state index in [1.54, 1.807) is 13.8 Å². The van der Waals surface area contributed by atoms with E-state index in [0.29, 0.717) is 12.0 Å². The van der Waals surface area contributed by atoms with Crippen LogP contribution in [0.5, 0.6) is 5.75 Å². The normalized spacial score (nSPS) is 14.3. The molecular weight excluding hydrogens is 620 g/mol. The van der Waals surface area contributed by atoms with Crippen molar-refractivity contribution in [1.82, 2.24) is 10.2 Å². The molecule has 1 aliphatic carbocycles. The molecule has 0 radical (unpaired) electrons. The van der Waals surface area contributed by atoms with Gasteiger partial charge >= 0.3 is 16.1 Å². The van der Waals surface area contributed by atoms with E-state index in [4.69, 9.17) is 8.92 Å². The molecule has 2 amide bonds. The smallest absolute Gasteiger partial charge is 0.345 e. The van der Waals surface area contributed by atoms with Gasteiger partial charge in [0.15, 0.2) is 28.2 Å². The highest BCUT2D eigenvalue weighted by atomic mass is 32.2. The first-order chi connectivity index (χ1) is 21.2. The Hall–Kier alpha value is -3.68. The van der Waals surface area contributed by atoms with Crippen LogP contribution in [0.15, 0.2) is 29.2 Å². The van der Waals surface area contributed by atoms with Gasteiger partial charge in [0.25, 0.3) is 5.91 Å². The van der Waals surface area contributed by atoms with E-state index in [2.05, 4.69) is 5.32 Å². The molecule has 0 saturated heterocycles. The van der Waals surface area contributed by atoms with Crippen LogP contribution in [0.4, 0.5) is 17.6 Å². The second-order valence-electron chi connectivity index (χ2n) is 11.3. The molecule has 9 nitrogen and oxygen atoms in total. The molecule has 45 heavy (non-hydrogen) atoms. The summed E-state index contributed by atoms with van der Waals surface area (Å²) in [5.41, 5.74) is -1.13. The summed E-state index contributed by atoms with van der Waals surface area (Å²) >= 11 is 0. The van der Waals surface area contributed by atoms with Crippen molar-refractivity contribution in [2.24, 2.45) is 11.8 Å². The van der Waals surface area contributed by atoms with Crippen LogP contribution in [0.2, 0.25) is 0 Å². The van der Waals surface area contributed by atoms with E-state index in [-0.39, 0.29) is 37.3 Å². The molecule has 3 rings (SSSR count). The summed E-state index contributed by atoms with van der Waals surface area (Å²) in [7, 11) is -4.26. The predicted molar refractivity (Wildman–Crippen MR) is 156 cm³/mol. The van der Waals surface area contributed by atoms with Gasteiger partial charge in [-0.25, -0.2) is 22.4 Å². The number of carbonyl (C=O) groups excluding carboxylic acids is 3. The second kappa shape index (κ2) is 15.5.